The summed E-state index contributed by atoms with van der Waals surface area (Å²) in [7, 11) is 0. The molecule has 0 aromatic heterocycles. The van der Waals surface area contributed by atoms with Gasteiger partial charge in [-0.2, -0.15) is 0 Å². The summed E-state index contributed by atoms with van der Waals surface area (Å²) in [5.41, 5.74) is 0.860. The van der Waals surface area contributed by atoms with Gasteiger partial charge in [-0.15, -0.1) is 0 Å². The highest BCUT2D eigenvalue weighted by Crippen LogP contribution is 2.34. The Balaban J connectivity index is 1.92. The van der Waals surface area contributed by atoms with Gasteiger partial charge < -0.3 is 15.2 Å². The monoisotopic (exact) mass is 289 g/mol. The average molecular weight is 289 g/mol. The van der Waals surface area contributed by atoms with Crippen LogP contribution in [0.4, 0.5) is 0 Å². The van der Waals surface area contributed by atoms with Crippen LogP contribution in [0.2, 0.25) is 0 Å². The molecule has 1 aromatic carbocycles. The Morgan fingerprint density at radius 2 is 2.05 bits per heavy atom. The number of hydrogen-bond donors (Lipinski definition) is 2. The first kappa shape index (κ1) is 15.1. The molecule has 5 heteroatoms. The van der Waals surface area contributed by atoms with E-state index in [1.54, 1.807) is 6.08 Å². The normalized spacial score (nSPS) is 20.2. The van der Waals surface area contributed by atoms with Crippen LogP contribution in [0.3, 0.4) is 0 Å². The quantitative estimate of drug-likeness (QED) is 0.753. The van der Waals surface area contributed by atoms with Crippen molar-refractivity contribution < 1.29 is 19.4 Å². The lowest BCUT2D eigenvalue weighted by Crippen LogP contribution is -2.43. The Bertz CT molecular complexity index is 541. The van der Waals surface area contributed by atoms with Crippen LogP contribution < -0.4 is 10.1 Å². The van der Waals surface area contributed by atoms with Crippen molar-refractivity contribution in [3.05, 3.63) is 42.5 Å². The molecule has 1 aliphatic carbocycles. The van der Waals surface area contributed by atoms with E-state index in [2.05, 4.69) is 11.9 Å². The molecular formula is C16H19NO4. The number of aliphatic carboxylic acids is 1. The van der Waals surface area contributed by atoms with Crippen molar-refractivity contribution in [2.24, 2.45) is 11.8 Å². The van der Waals surface area contributed by atoms with Gasteiger partial charge in [0.25, 0.3) is 0 Å². The number of nitrogens with one attached hydrogen (secondary N) is 1. The predicted octanol–water partition coefficient (Wildman–Crippen LogP) is 1.98. The maximum atomic E-state index is 12.0. The van der Waals surface area contributed by atoms with Crippen molar-refractivity contribution in [1.29, 1.82) is 0 Å². The molecule has 1 fully saturated rings. The Morgan fingerprint density at radius 1 is 1.33 bits per heavy atom. The summed E-state index contributed by atoms with van der Waals surface area (Å²) in [6.07, 6.45) is 2.87. The van der Waals surface area contributed by atoms with Gasteiger partial charge in [0, 0.05) is 12.1 Å². The SMILES string of the molecule is C=CCOc1ccccc1CNC(=O)C1CCC1C(=O)O. The third kappa shape index (κ3) is 3.62. The fourth-order valence-electron chi connectivity index (χ4n) is 2.36. The number of ether oxygens (including phenoxy) is 1. The average Bonchev–Trinajstić information content (AvgIpc) is 2.42. The van der Waals surface area contributed by atoms with Crippen molar-refractivity contribution in [3.63, 3.8) is 0 Å². The summed E-state index contributed by atoms with van der Waals surface area (Å²) in [6, 6.07) is 7.42. The molecule has 0 spiro atoms. The van der Waals surface area contributed by atoms with E-state index in [0.717, 1.165) is 5.56 Å². The minimum absolute atomic E-state index is 0.202. The van der Waals surface area contributed by atoms with Gasteiger partial charge in [0.15, 0.2) is 0 Å². The third-order valence-corrected chi connectivity index (χ3v) is 3.71. The van der Waals surface area contributed by atoms with E-state index in [1.807, 2.05) is 24.3 Å². The van der Waals surface area contributed by atoms with E-state index in [1.165, 1.54) is 0 Å². The van der Waals surface area contributed by atoms with E-state index in [4.69, 9.17) is 9.84 Å². The van der Waals surface area contributed by atoms with Crippen LogP contribution in [0.5, 0.6) is 5.75 Å². The van der Waals surface area contributed by atoms with Crippen molar-refractivity contribution in [2.75, 3.05) is 6.61 Å². The molecule has 21 heavy (non-hydrogen) atoms. The van der Waals surface area contributed by atoms with Gasteiger partial charge in [0.1, 0.15) is 12.4 Å². The second kappa shape index (κ2) is 6.92. The Kier molecular flexibility index (Phi) is 4.98. The summed E-state index contributed by atoms with van der Waals surface area (Å²) in [5, 5.41) is 11.8. The van der Waals surface area contributed by atoms with Crippen molar-refractivity contribution >= 4 is 11.9 Å². The van der Waals surface area contributed by atoms with Crippen molar-refractivity contribution in [1.82, 2.24) is 5.32 Å². The van der Waals surface area contributed by atoms with E-state index in [9.17, 15) is 9.59 Å². The lowest BCUT2D eigenvalue weighted by Gasteiger charge is -2.32. The van der Waals surface area contributed by atoms with Gasteiger partial charge in [-0.25, -0.2) is 0 Å². The fourth-order valence-corrected chi connectivity index (χ4v) is 2.36. The van der Waals surface area contributed by atoms with Crippen LogP contribution in [-0.4, -0.2) is 23.6 Å². The van der Waals surface area contributed by atoms with Crippen LogP contribution in [0.1, 0.15) is 18.4 Å². The number of amides is 1. The Labute approximate surface area is 123 Å². The van der Waals surface area contributed by atoms with Crippen LogP contribution >= 0.6 is 0 Å². The number of carboxylic acids is 1. The molecule has 1 amide bonds. The molecule has 0 saturated heterocycles. The molecule has 0 heterocycles. The lowest BCUT2D eigenvalue weighted by atomic mass is 9.73. The van der Waals surface area contributed by atoms with E-state index in [0.29, 0.717) is 31.7 Å². The minimum Gasteiger partial charge on any atom is -0.489 e. The summed E-state index contributed by atoms with van der Waals surface area (Å²) in [4.78, 5) is 22.9. The molecule has 2 unspecified atom stereocenters. The van der Waals surface area contributed by atoms with Gasteiger partial charge in [-0.05, 0) is 18.9 Å². The zero-order valence-electron chi connectivity index (χ0n) is 11.7. The first-order valence-electron chi connectivity index (χ1n) is 6.95. The van der Waals surface area contributed by atoms with Crippen LogP contribution in [0.25, 0.3) is 0 Å². The van der Waals surface area contributed by atoms with Crippen LogP contribution in [0, 0.1) is 11.8 Å². The molecular weight excluding hydrogens is 270 g/mol. The van der Waals surface area contributed by atoms with Gasteiger partial charge in [-0.1, -0.05) is 30.9 Å². The second-order valence-corrected chi connectivity index (χ2v) is 5.05. The molecule has 5 nitrogen and oxygen atoms in total. The Morgan fingerprint density at radius 3 is 2.67 bits per heavy atom. The third-order valence-electron chi connectivity index (χ3n) is 3.71. The summed E-state index contributed by atoms with van der Waals surface area (Å²) < 4.78 is 5.52. The molecule has 2 rings (SSSR count). The number of rotatable bonds is 7. The van der Waals surface area contributed by atoms with Crippen molar-refractivity contribution in [2.45, 2.75) is 19.4 Å². The molecule has 0 aliphatic heterocycles. The highest BCUT2D eigenvalue weighted by atomic mass is 16.5. The molecule has 112 valence electrons. The van der Waals surface area contributed by atoms with Gasteiger partial charge in [0.2, 0.25) is 5.91 Å². The van der Waals surface area contributed by atoms with E-state index >= 15 is 0 Å². The highest BCUT2D eigenvalue weighted by molar-refractivity contribution is 5.86. The summed E-state index contributed by atoms with van der Waals surface area (Å²) in [5.74, 6) is -1.36. The van der Waals surface area contributed by atoms with Crippen LogP contribution in [0.15, 0.2) is 36.9 Å². The maximum absolute atomic E-state index is 12.0. The largest absolute Gasteiger partial charge is 0.489 e. The van der Waals surface area contributed by atoms with Gasteiger partial charge in [0.05, 0.1) is 11.8 Å². The van der Waals surface area contributed by atoms with Crippen molar-refractivity contribution in [3.8, 4) is 5.75 Å². The van der Waals surface area contributed by atoms with Crippen LogP contribution in [-0.2, 0) is 16.1 Å². The number of carbonyl (C=O) groups excluding carboxylic acids is 1. The first-order chi connectivity index (χ1) is 10.1. The smallest absolute Gasteiger partial charge is 0.307 e. The lowest BCUT2D eigenvalue weighted by molar-refractivity contribution is -0.152. The first-order valence-corrected chi connectivity index (χ1v) is 6.95. The van der Waals surface area contributed by atoms with Gasteiger partial charge >= 0.3 is 5.97 Å². The molecule has 1 aromatic rings. The second-order valence-electron chi connectivity index (χ2n) is 5.05. The molecule has 2 N–H and O–H groups in total. The number of hydrogen-bond acceptors (Lipinski definition) is 3. The fraction of sp³-hybridized carbons (Fsp3) is 0.375. The number of carboxylic acid groups (broad SMARTS) is 1. The highest BCUT2D eigenvalue weighted by Gasteiger charge is 2.41. The van der Waals surface area contributed by atoms with Gasteiger partial charge in [-0.3, -0.25) is 9.59 Å². The zero-order chi connectivity index (χ0) is 15.2. The molecule has 0 bridgehead atoms. The molecule has 2 atom stereocenters. The van der Waals surface area contributed by atoms with E-state index in [-0.39, 0.29) is 5.91 Å². The minimum atomic E-state index is -0.892. The number of para-hydroxylation sites is 1. The summed E-state index contributed by atoms with van der Waals surface area (Å²) in [6.45, 7) is 4.32. The standard InChI is InChI=1S/C16H19NO4/c1-2-9-21-14-6-4-3-5-11(14)10-17-15(18)12-7-8-13(12)16(19)20/h2-6,12-13H,1,7-10H2,(H,17,18)(H,19,20). The van der Waals surface area contributed by atoms with E-state index < -0.39 is 17.8 Å². The summed E-state index contributed by atoms with van der Waals surface area (Å²) >= 11 is 0. The Hall–Kier alpha value is -2.30. The number of benzene rings is 1. The zero-order valence-corrected chi connectivity index (χ0v) is 11.7. The number of carbonyl (C=O) groups is 2. The molecule has 0 radical (unpaired) electrons. The maximum Gasteiger partial charge on any atom is 0.307 e. The molecule has 1 aliphatic rings. The topological polar surface area (TPSA) is 75.6 Å². The molecule has 1 saturated carbocycles. The predicted molar refractivity (Wildman–Crippen MR) is 77.8 cm³/mol.